The Hall–Kier alpha value is -6.81. The van der Waals surface area contributed by atoms with Gasteiger partial charge in [-0.25, -0.2) is 18.7 Å². The highest BCUT2D eigenvalue weighted by Crippen LogP contribution is 2.33. The molecule has 0 saturated heterocycles. The highest BCUT2D eigenvalue weighted by Gasteiger charge is 2.36. The lowest BCUT2D eigenvalue weighted by molar-refractivity contribution is -0.144. The Morgan fingerprint density at radius 3 is 2.23 bits per heavy atom. The van der Waals surface area contributed by atoms with Gasteiger partial charge in [-0.05, 0) is 56.3 Å². The Balaban J connectivity index is 0.000000703. The smallest absolute Gasteiger partial charge is 0.328 e. The molecule has 1 amide bonds. The number of para-hydroxylation sites is 1. The predicted molar refractivity (Wildman–Crippen MR) is 191 cm³/mol. The Kier molecular flexibility index (Phi) is 12.1. The molecule has 2 aromatic heterocycles. The van der Waals surface area contributed by atoms with E-state index in [1.165, 1.54) is 34.6 Å². The maximum absolute atomic E-state index is 15.2. The van der Waals surface area contributed by atoms with Crippen LogP contribution in [0.5, 0.6) is 17.2 Å². The zero-order chi connectivity index (χ0) is 39.0. The molecule has 0 fully saturated rings. The quantitative estimate of drug-likeness (QED) is 0.109. The fraction of sp³-hybridized carbons (Fsp3) is 0.189. The fourth-order valence-electron chi connectivity index (χ4n) is 5.05. The van der Waals surface area contributed by atoms with Crippen molar-refractivity contribution in [2.45, 2.75) is 32.9 Å². The average Bonchev–Trinajstić information content (AvgIpc) is 3.36. The van der Waals surface area contributed by atoms with Crippen molar-refractivity contribution >= 4 is 40.4 Å². The molecule has 0 saturated carbocycles. The van der Waals surface area contributed by atoms with Crippen molar-refractivity contribution < 1.29 is 48.4 Å². The number of nitrogens with zero attached hydrogens (tertiary/aromatic N) is 3. The lowest BCUT2D eigenvalue weighted by Gasteiger charge is -2.28. The molecule has 0 aliphatic carbocycles. The molecule has 3 aromatic carbocycles. The van der Waals surface area contributed by atoms with Crippen LogP contribution in [-0.2, 0) is 20.9 Å². The third kappa shape index (κ3) is 9.11. The van der Waals surface area contributed by atoms with Crippen LogP contribution in [0.3, 0.4) is 0 Å². The number of rotatable bonds is 12. The van der Waals surface area contributed by atoms with Gasteiger partial charge in [-0.15, -0.1) is 0 Å². The molecule has 16 heteroatoms. The Labute approximate surface area is 301 Å². The number of pyridine rings is 1. The number of aliphatic carboxylic acids is 3. The van der Waals surface area contributed by atoms with Crippen molar-refractivity contribution in [1.29, 1.82) is 0 Å². The second-order valence-electron chi connectivity index (χ2n) is 11.9. The second-order valence-corrected chi connectivity index (χ2v) is 11.9. The van der Waals surface area contributed by atoms with E-state index in [1.54, 1.807) is 75.6 Å². The minimum Gasteiger partial charge on any atom is -0.497 e. The first-order valence-electron chi connectivity index (χ1n) is 15.8. The fourth-order valence-corrected chi connectivity index (χ4v) is 5.05. The van der Waals surface area contributed by atoms with E-state index in [2.05, 4.69) is 10.3 Å². The molecule has 0 aliphatic rings. The summed E-state index contributed by atoms with van der Waals surface area (Å²) in [4.78, 5) is 62.4. The number of halogens is 1. The van der Waals surface area contributed by atoms with Crippen LogP contribution in [0.15, 0.2) is 95.9 Å². The van der Waals surface area contributed by atoms with E-state index in [0.29, 0.717) is 40.2 Å². The maximum Gasteiger partial charge on any atom is 0.328 e. The van der Waals surface area contributed by atoms with E-state index in [1.807, 2.05) is 0 Å². The Morgan fingerprint density at radius 2 is 1.64 bits per heavy atom. The highest BCUT2D eigenvalue weighted by atomic mass is 19.1. The number of nitrogens with one attached hydrogen (secondary N) is 1. The van der Waals surface area contributed by atoms with Gasteiger partial charge in [0, 0.05) is 54.0 Å². The van der Waals surface area contributed by atoms with Crippen LogP contribution in [-0.4, -0.2) is 66.1 Å². The lowest BCUT2D eigenvalue weighted by atomic mass is 9.88. The summed E-state index contributed by atoms with van der Waals surface area (Å²) >= 11 is 0. The number of amides is 1. The molecule has 0 bridgehead atoms. The molecule has 53 heavy (non-hydrogen) atoms. The van der Waals surface area contributed by atoms with E-state index >= 15 is 4.39 Å². The molecule has 0 spiro atoms. The number of carbonyl (C=O) groups excluding carboxylic acids is 1. The molecule has 5 rings (SSSR count). The van der Waals surface area contributed by atoms with Crippen molar-refractivity contribution in [2.24, 2.45) is 11.7 Å². The lowest BCUT2D eigenvalue weighted by Crippen LogP contribution is -2.52. The SMILES string of the molecule is COc1ccc2c(Oc3ccc(NC(=O)c4c(C)n(C[C@@H](C)[C@](C)(N)C(=O)O)n(-c5ccccc5)c4=O)cc3F)ccnc2c1.O=C(O)C=CC(=O)O. The number of hydrogen-bond acceptors (Lipinski definition) is 9. The number of carbonyl (C=O) groups is 4. The largest absolute Gasteiger partial charge is 0.497 e. The normalized spacial score (nSPS) is 12.6. The summed E-state index contributed by atoms with van der Waals surface area (Å²) in [7, 11) is 1.55. The third-order valence-corrected chi connectivity index (χ3v) is 8.24. The molecule has 0 aliphatic heterocycles. The van der Waals surface area contributed by atoms with E-state index in [-0.39, 0.29) is 29.2 Å². The molecule has 0 radical (unpaired) electrons. The van der Waals surface area contributed by atoms with Gasteiger partial charge in [0.05, 0.1) is 24.0 Å². The summed E-state index contributed by atoms with van der Waals surface area (Å²) in [6.45, 7) is 4.67. The van der Waals surface area contributed by atoms with Crippen LogP contribution in [0.25, 0.3) is 16.6 Å². The van der Waals surface area contributed by atoms with Crippen molar-refractivity contribution in [3.63, 3.8) is 0 Å². The number of carboxylic acids is 3. The summed E-state index contributed by atoms with van der Waals surface area (Å²) in [5.74, 6) is -4.93. The van der Waals surface area contributed by atoms with Crippen LogP contribution in [0, 0.1) is 18.7 Å². The number of anilines is 1. The monoisotopic (exact) mass is 729 g/mol. The van der Waals surface area contributed by atoms with Gasteiger partial charge < -0.3 is 35.8 Å². The van der Waals surface area contributed by atoms with E-state index in [4.69, 9.17) is 25.4 Å². The Morgan fingerprint density at radius 1 is 0.981 bits per heavy atom. The third-order valence-electron chi connectivity index (χ3n) is 8.24. The van der Waals surface area contributed by atoms with Crippen LogP contribution in [0.2, 0.25) is 0 Å². The topological polar surface area (TPSA) is 225 Å². The molecule has 5 aromatic rings. The number of methoxy groups -OCH3 is 1. The number of fused-ring (bicyclic) bond motifs is 1. The second kappa shape index (κ2) is 16.5. The summed E-state index contributed by atoms with van der Waals surface area (Å²) in [6.07, 6.45) is 2.65. The van der Waals surface area contributed by atoms with Gasteiger partial charge in [0.25, 0.3) is 11.5 Å². The first-order chi connectivity index (χ1) is 25.0. The molecule has 15 nitrogen and oxygen atoms in total. The van der Waals surface area contributed by atoms with Gasteiger partial charge in [-0.2, -0.15) is 0 Å². The van der Waals surface area contributed by atoms with Crippen LogP contribution >= 0.6 is 0 Å². The minimum atomic E-state index is -1.60. The van der Waals surface area contributed by atoms with Crippen LogP contribution < -0.4 is 26.1 Å². The van der Waals surface area contributed by atoms with E-state index in [0.717, 1.165) is 6.07 Å². The van der Waals surface area contributed by atoms with Crippen molar-refractivity contribution in [2.75, 3.05) is 12.4 Å². The molecule has 6 N–H and O–H groups in total. The number of carboxylic acid groups (broad SMARTS) is 3. The number of benzene rings is 3. The van der Waals surface area contributed by atoms with Gasteiger partial charge >= 0.3 is 17.9 Å². The van der Waals surface area contributed by atoms with Gasteiger partial charge in [0.15, 0.2) is 11.6 Å². The molecule has 276 valence electrons. The van der Waals surface area contributed by atoms with Gasteiger partial charge in [0.1, 0.15) is 22.6 Å². The van der Waals surface area contributed by atoms with Crippen LogP contribution in [0.1, 0.15) is 29.9 Å². The predicted octanol–water partition coefficient (Wildman–Crippen LogP) is 4.84. The van der Waals surface area contributed by atoms with Gasteiger partial charge in [0.2, 0.25) is 0 Å². The highest BCUT2D eigenvalue weighted by molar-refractivity contribution is 6.05. The zero-order valence-electron chi connectivity index (χ0n) is 28.9. The molecular formula is C37H36FN5O10. The number of hydrogen-bond donors (Lipinski definition) is 5. The zero-order valence-corrected chi connectivity index (χ0v) is 28.9. The number of aromatic nitrogens is 3. The molecular weight excluding hydrogens is 693 g/mol. The summed E-state index contributed by atoms with van der Waals surface area (Å²) < 4.78 is 29.2. The van der Waals surface area contributed by atoms with E-state index < -0.39 is 46.6 Å². The summed E-state index contributed by atoms with van der Waals surface area (Å²) in [5, 5.41) is 28.5. The Bertz CT molecular complexity index is 2250. The maximum atomic E-state index is 15.2. The van der Waals surface area contributed by atoms with Crippen molar-refractivity contribution in [3.8, 4) is 22.9 Å². The minimum absolute atomic E-state index is 0.0275. The van der Waals surface area contributed by atoms with Crippen LogP contribution in [0.4, 0.5) is 10.1 Å². The standard InChI is InChI=1S/C33H32FN5O6.C4H4O4/c1-19(33(3,35)32(42)43)18-38-20(2)29(31(41)39(38)22-8-6-5-7-9-22)30(40)37-21-10-13-28(25(34)16-21)45-27-14-15-36-26-17-23(44-4)11-12-24(26)27;5-3(6)1-2-4(7)8/h5-17,19H,18,35H2,1-4H3,(H,37,40)(H,42,43);1-2H,(H,5,6)(H,7,8)/t19-,33+;/m1./s1. The van der Waals surface area contributed by atoms with E-state index in [9.17, 15) is 29.1 Å². The molecule has 0 unspecified atom stereocenters. The first kappa shape index (κ1) is 39.0. The summed E-state index contributed by atoms with van der Waals surface area (Å²) in [6, 6.07) is 19.4. The van der Waals surface area contributed by atoms with Gasteiger partial charge in [-0.3, -0.25) is 24.0 Å². The first-order valence-corrected chi connectivity index (χ1v) is 15.8. The molecule has 2 heterocycles. The average molecular weight is 730 g/mol. The number of ether oxygens (including phenoxy) is 2. The van der Waals surface area contributed by atoms with Crippen molar-refractivity contribution in [3.05, 3.63) is 119 Å². The number of nitrogens with two attached hydrogens (primary N) is 1. The van der Waals surface area contributed by atoms with Gasteiger partial charge in [-0.1, -0.05) is 25.1 Å². The summed E-state index contributed by atoms with van der Waals surface area (Å²) in [5.41, 5.74) is 5.13. The van der Waals surface area contributed by atoms with Crippen molar-refractivity contribution in [1.82, 2.24) is 14.3 Å². The molecule has 2 atom stereocenters.